The molecule has 0 bridgehead atoms. The van der Waals surface area contributed by atoms with Crippen molar-refractivity contribution in [2.75, 3.05) is 6.61 Å². The summed E-state index contributed by atoms with van der Waals surface area (Å²) in [5.74, 6) is -0.600. The monoisotopic (exact) mass is 862 g/mol. The highest BCUT2D eigenvalue weighted by atomic mass is 16.3. The Balaban J connectivity index is 3.62. The molecule has 0 fully saturated rings. The maximum atomic E-state index is 12.5. The highest BCUT2D eigenvalue weighted by molar-refractivity contribution is 5.80. The van der Waals surface area contributed by atoms with E-state index in [0.29, 0.717) is 12.8 Å². The second-order valence-corrected chi connectivity index (χ2v) is 18.9. The number of aliphatic hydroxyl groups is 4. The van der Waals surface area contributed by atoms with Crippen LogP contribution in [0, 0.1) is 0 Å². The molecule has 0 aromatic rings. The molecule has 0 rings (SSSR count). The second kappa shape index (κ2) is 49.8. The highest BCUT2D eigenvalue weighted by Gasteiger charge is 2.28. The average Bonchev–Trinajstić information content (AvgIpc) is 3.26. The topological polar surface area (TPSA) is 110 Å². The molecule has 0 aliphatic rings. The van der Waals surface area contributed by atoms with Crippen LogP contribution in [0.25, 0.3) is 0 Å². The fraction of sp³-hybridized carbons (Fsp3) is 0.909. The number of nitrogens with one attached hydrogen (secondary N) is 1. The Morgan fingerprint density at radius 2 is 0.672 bits per heavy atom. The number of aliphatic hydroxyl groups excluding tert-OH is 4. The number of amides is 1. The molecule has 0 heterocycles. The van der Waals surface area contributed by atoms with Crippen molar-refractivity contribution in [2.45, 2.75) is 314 Å². The SMILES string of the molecule is CCCCCCCCC/C=C\CCCCCCC(O)C(=O)NC(CO)C(O)C(O)CCC/C=C/CCCCCCCCCCCCCCCCCCCCCCCCCCC. The Morgan fingerprint density at radius 3 is 0.984 bits per heavy atom. The lowest BCUT2D eigenvalue weighted by Crippen LogP contribution is -2.53. The van der Waals surface area contributed by atoms with Crippen molar-refractivity contribution in [3.05, 3.63) is 24.3 Å². The van der Waals surface area contributed by atoms with Crippen molar-refractivity contribution in [1.29, 1.82) is 0 Å². The second-order valence-electron chi connectivity index (χ2n) is 18.9. The third-order valence-electron chi connectivity index (χ3n) is 12.9. The Labute approximate surface area is 380 Å². The van der Waals surface area contributed by atoms with E-state index in [9.17, 15) is 25.2 Å². The van der Waals surface area contributed by atoms with Crippen LogP contribution in [0.1, 0.15) is 290 Å². The van der Waals surface area contributed by atoms with Gasteiger partial charge in [-0.3, -0.25) is 4.79 Å². The van der Waals surface area contributed by atoms with Gasteiger partial charge >= 0.3 is 0 Å². The zero-order chi connectivity index (χ0) is 44.5. The molecule has 0 aromatic carbocycles. The Kier molecular flexibility index (Phi) is 48.8. The van der Waals surface area contributed by atoms with Gasteiger partial charge in [0, 0.05) is 0 Å². The van der Waals surface area contributed by atoms with E-state index in [-0.39, 0.29) is 0 Å². The smallest absolute Gasteiger partial charge is 0.249 e. The summed E-state index contributed by atoms with van der Waals surface area (Å²) in [6, 6.07) is -1.01. The van der Waals surface area contributed by atoms with Gasteiger partial charge in [-0.1, -0.05) is 250 Å². The van der Waals surface area contributed by atoms with Crippen molar-refractivity contribution < 1.29 is 25.2 Å². The van der Waals surface area contributed by atoms with E-state index in [1.165, 1.54) is 212 Å². The van der Waals surface area contributed by atoms with Gasteiger partial charge < -0.3 is 25.7 Å². The van der Waals surface area contributed by atoms with Crippen LogP contribution < -0.4 is 5.32 Å². The quantitative estimate of drug-likeness (QED) is 0.0309. The van der Waals surface area contributed by atoms with Gasteiger partial charge in [0.05, 0.1) is 18.8 Å². The molecule has 1 amide bonds. The predicted octanol–water partition coefficient (Wildman–Crippen LogP) is 15.5. The van der Waals surface area contributed by atoms with Crippen molar-refractivity contribution in [2.24, 2.45) is 0 Å². The molecule has 0 saturated heterocycles. The fourth-order valence-electron chi connectivity index (χ4n) is 8.58. The summed E-state index contributed by atoms with van der Waals surface area (Å²) in [6.07, 6.45) is 59.7. The summed E-state index contributed by atoms with van der Waals surface area (Å²) in [4.78, 5) is 12.5. The van der Waals surface area contributed by atoms with Gasteiger partial charge in [-0.05, 0) is 64.2 Å². The standard InChI is InChI=1S/C55H107NO5/c1-3-5-7-9-11-13-15-17-19-20-21-22-23-24-25-26-27-28-29-30-31-32-33-35-36-38-40-42-44-46-48-52(58)54(60)51(50-57)56-55(61)53(59)49-47-45-43-41-39-37-34-18-16-14-12-10-8-6-4-2/h34,37,40,42,51-54,57-60H,3-33,35-36,38-39,41,43-50H2,1-2H3,(H,56,61)/b37-34-,42-40+. The van der Waals surface area contributed by atoms with E-state index >= 15 is 0 Å². The third kappa shape index (κ3) is 43.8. The summed E-state index contributed by atoms with van der Waals surface area (Å²) in [5.41, 5.74) is 0. The van der Waals surface area contributed by atoms with Crippen LogP contribution in [0.2, 0.25) is 0 Å². The largest absolute Gasteiger partial charge is 0.394 e. The molecule has 0 aliphatic carbocycles. The highest BCUT2D eigenvalue weighted by Crippen LogP contribution is 2.17. The molecule has 0 saturated carbocycles. The molecule has 0 aliphatic heterocycles. The molecular weight excluding hydrogens is 755 g/mol. The van der Waals surface area contributed by atoms with Gasteiger partial charge in [0.2, 0.25) is 5.91 Å². The van der Waals surface area contributed by atoms with Gasteiger partial charge in [0.1, 0.15) is 12.2 Å². The Morgan fingerprint density at radius 1 is 0.393 bits per heavy atom. The van der Waals surface area contributed by atoms with Crippen molar-refractivity contribution >= 4 is 5.91 Å². The molecule has 61 heavy (non-hydrogen) atoms. The Hall–Kier alpha value is -1.21. The number of hydrogen-bond donors (Lipinski definition) is 5. The van der Waals surface area contributed by atoms with Crippen LogP contribution >= 0.6 is 0 Å². The first kappa shape index (κ1) is 59.8. The fourth-order valence-corrected chi connectivity index (χ4v) is 8.58. The lowest BCUT2D eigenvalue weighted by Gasteiger charge is -2.27. The lowest BCUT2D eigenvalue weighted by atomic mass is 10.00. The molecule has 0 aromatic heterocycles. The normalized spacial score (nSPS) is 14.0. The van der Waals surface area contributed by atoms with Gasteiger partial charge in [-0.25, -0.2) is 0 Å². The zero-order valence-corrected chi connectivity index (χ0v) is 40.9. The minimum Gasteiger partial charge on any atom is -0.394 e. The molecular formula is C55H107NO5. The molecule has 5 N–H and O–H groups in total. The van der Waals surface area contributed by atoms with E-state index in [2.05, 4.69) is 43.5 Å². The van der Waals surface area contributed by atoms with Gasteiger partial charge in [-0.15, -0.1) is 0 Å². The van der Waals surface area contributed by atoms with Crippen LogP contribution in [-0.4, -0.2) is 57.3 Å². The predicted molar refractivity (Wildman–Crippen MR) is 265 cm³/mol. The van der Waals surface area contributed by atoms with E-state index in [4.69, 9.17) is 0 Å². The lowest BCUT2D eigenvalue weighted by molar-refractivity contribution is -0.132. The number of hydrogen-bond acceptors (Lipinski definition) is 5. The number of rotatable bonds is 50. The van der Waals surface area contributed by atoms with Gasteiger partial charge in [0.15, 0.2) is 0 Å². The minimum absolute atomic E-state index is 0.350. The van der Waals surface area contributed by atoms with Crippen molar-refractivity contribution in [1.82, 2.24) is 5.32 Å². The summed E-state index contributed by atoms with van der Waals surface area (Å²) < 4.78 is 0. The van der Waals surface area contributed by atoms with E-state index in [1.54, 1.807) is 0 Å². The Bertz CT molecular complexity index is 924. The summed E-state index contributed by atoms with van der Waals surface area (Å²) >= 11 is 0. The zero-order valence-electron chi connectivity index (χ0n) is 40.9. The first-order chi connectivity index (χ1) is 30.0. The third-order valence-corrected chi connectivity index (χ3v) is 12.9. The number of unbranched alkanes of at least 4 members (excludes halogenated alkanes) is 37. The molecule has 6 heteroatoms. The molecule has 4 atom stereocenters. The minimum atomic E-state index is -1.28. The van der Waals surface area contributed by atoms with Crippen LogP contribution in [-0.2, 0) is 4.79 Å². The maximum absolute atomic E-state index is 12.5. The van der Waals surface area contributed by atoms with Crippen LogP contribution in [0.5, 0.6) is 0 Å². The summed E-state index contributed by atoms with van der Waals surface area (Å²) in [6.45, 7) is 4.06. The van der Waals surface area contributed by atoms with E-state index in [0.717, 1.165) is 51.4 Å². The van der Waals surface area contributed by atoms with Gasteiger partial charge in [-0.2, -0.15) is 0 Å². The first-order valence-electron chi connectivity index (χ1n) is 27.2. The first-order valence-corrected chi connectivity index (χ1v) is 27.2. The molecule has 0 radical (unpaired) electrons. The maximum Gasteiger partial charge on any atom is 0.249 e. The average molecular weight is 862 g/mol. The van der Waals surface area contributed by atoms with Crippen molar-refractivity contribution in [3.8, 4) is 0 Å². The van der Waals surface area contributed by atoms with E-state index < -0.39 is 36.9 Å². The molecule has 0 spiro atoms. The van der Waals surface area contributed by atoms with Crippen LogP contribution in [0.15, 0.2) is 24.3 Å². The summed E-state index contributed by atoms with van der Waals surface area (Å²) in [5, 5.41) is 43.8. The van der Waals surface area contributed by atoms with Crippen LogP contribution in [0.3, 0.4) is 0 Å². The number of carbonyl (C=O) groups is 1. The van der Waals surface area contributed by atoms with Crippen LogP contribution in [0.4, 0.5) is 0 Å². The molecule has 4 unspecified atom stereocenters. The van der Waals surface area contributed by atoms with Gasteiger partial charge in [0.25, 0.3) is 0 Å². The van der Waals surface area contributed by atoms with E-state index in [1.807, 2.05) is 0 Å². The number of allylic oxidation sites excluding steroid dienone is 4. The number of carbonyl (C=O) groups excluding carboxylic acids is 1. The van der Waals surface area contributed by atoms with Crippen molar-refractivity contribution in [3.63, 3.8) is 0 Å². The molecule has 6 nitrogen and oxygen atoms in total. The molecule has 362 valence electrons. The summed E-state index contributed by atoms with van der Waals surface area (Å²) in [7, 11) is 0.